The second-order valence-electron chi connectivity index (χ2n) is 3.98. The normalized spacial score (nSPS) is 13.6. The van der Waals surface area contributed by atoms with Crippen LogP contribution in [0.2, 0.25) is 0 Å². The van der Waals surface area contributed by atoms with E-state index in [9.17, 15) is 18.3 Å². The maximum Gasteiger partial charge on any atom is 0.243 e. The highest BCUT2D eigenvalue weighted by atomic mass is 32.2. The van der Waals surface area contributed by atoms with Crippen LogP contribution in [-0.2, 0) is 14.8 Å². The Hall–Kier alpha value is -1.44. The lowest BCUT2D eigenvalue weighted by molar-refractivity contribution is -0.118. The SMILES string of the molecule is CC(O)c1cccc(S(=O)(=O)N(C)CC(N)=O)c1. The number of aliphatic hydroxyl groups is 1. The Morgan fingerprint density at radius 2 is 2.11 bits per heavy atom. The summed E-state index contributed by atoms with van der Waals surface area (Å²) in [6.45, 7) is 1.15. The summed E-state index contributed by atoms with van der Waals surface area (Å²) in [5.41, 5.74) is 5.45. The van der Waals surface area contributed by atoms with Crippen molar-refractivity contribution in [1.29, 1.82) is 0 Å². The summed E-state index contributed by atoms with van der Waals surface area (Å²) in [6.07, 6.45) is -0.762. The van der Waals surface area contributed by atoms with Crippen LogP contribution in [0, 0.1) is 0 Å². The molecule has 7 heteroatoms. The van der Waals surface area contributed by atoms with E-state index in [1.807, 2.05) is 0 Å². The number of hydrogen-bond donors (Lipinski definition) is 2. The number of carbonyl (C=O) groups excluding carboxylic acids is 1. The predicted molar refractivity (Wildman–Crippen MR) is 66.1 cm³/mol. The molecule has 0 aliphatic heterocycles. The Kier molecular flexibility index (Phi) is 4.44. The summed E-state index contributed by atoms with van der Waals surface area (Å²) in [5, 5.41) is 9.42. The summed E-state index contributed by atoms with van der Waals surface area (Å²) in [7, 11) is -2.50. The standard InChI is InChI=1S/C11H16N2O4S/c1-8(14)9-4-3-5-10(6-9)18(16,17)13(2)7-11(12)15/h3-6,8,14H,7H2,1-2H3,(H2,12,15). The smallest absolute Gasteiger partial charge is 0.243 e. The first-order chi connectivity index (χ1) is 8.25. The molecule has 0 saturated carbocycles. The predicted octanol–water partition coefficient (Wildman–Crippen LogP) is -0.154. The van der Waals surface area contributed by atoms with Crippen molar-refractivity contribution in [3.05, 3.63) is 29.8 Å². The second kappa shape index (κ2) is 5.47. The lowest BCUT2D eigenvalue weighted by Gasteiger charge is -2.16. The maximum atomic E-state index is 12.1. The third-order valence-electron chi connectivity index (χ3n) is 2.43. The van der Waals surface area contributed by atoms with E-state index in [0.717, 1.165) is 4.31 Å². The minimum atomic E-state index is -3.77. The molecule has 3 N–H and O–H groups in total. The number of rotatable bonds is 5. The quantitative estimate of drug-likeness (QED) is 0.778. The molecule has 1 aromatic rings. The number of amides is 1. The minimum absolute atomic E-state index is 0.0182. The average Bonchev–Trinajstić information content (AvgIpc) is 2.28. The third-order valence-corrected chi connectivity index (χ3v) is 4.23. The fraction of sp³-hybridized carbons (Fsp3) is 0.364. The van der Waals surface area contributed by atoms with Crippen molar-refractivity contribution in [2.24, 2.45) is 5.73 Å². The van der Waals surface area contributed by atoms with Crippen LogP contribution in [0.1, 0.15) is 18.6 Å². The van der Waals surface area contributed by atoms with Gasteiger partial charge in [0.25, 0.3) is 0 Å². The van der Waals surface area contributed by atoms with Gasteiger partial charge in [0.05, 0.1) is 17.5 Å². The van der Waals surface area contributed by atoms with Crippen LogP contribution in [0.15, 0.2) is 29.2 Å². The van der Waals surface area contributed by atoms with Crippen LogP contribution >= 0.6 is 0 Å². The van der Waals surface area contributed by atoms with Crippen LogP contribution in [0.3, 0.4) is 0 Å². The van der Waals surface area contributed by atoms with Crippen LogP contribution in [0.5, 0.6) is 0 Å². The molecule has 0 spiro atoms. The number of primary amides is 1. The van der Waals surface area contributed by atoms with E-state index in [0.29, 0.717) is 5.56 Å². The average molecular weight is 272 g/mol. The molecule has 0 heterocycles. The van der Waals surface area contributed by atoms with Crippen molar-refractivity contribution >= 4 is 15.9 Å². The van der Waals surface area contributed by atoms with Gasteiger partial charge in [0.1, 0.15) is 0 Å². The van der Waals surface area contributed by atoms with Crippen LogP contribution in [0.25, 0.3) is 0 Å². The number of likely N-dealkylation sites (N-methyl/N-ethyl adjacent to an activating group) is 1. The van der Waals surface area contributed by atoms with Gasteiger partial charge >= 0.3 is 0 Å². The van der Waals surface area contributed by atoms with Crippen molar-refractivity contribution in [2.75, 3.05) is 13.6 Å². The van der Waals surface area contributed by atoms with E-state index in [2.05, 4.69) is 0 Å². The fourth-order valence-corrected chi connectivity index (χ4v) is 2.61. The van der Waals surface area contributed by atoms with Gasteiger partial charge in [-0.3, -0.25) is 4.79 Å². The lowest BCUT2D eigenvalue weighted by atomic mass is 10.1. The number of hydrogen-bond acceptors (Lipinski definition) is 4. The van der Waals surface area contributed by atoms with Gasteiger partial charge in [0.15, 0.2) is 0 Å². The van der Waals surface area contributed by atoms with Gasteiger partial charge in [-0.25, -0.2) is 8.42 Å². The molecular formula is C11H16N2O4S. The van der Waals surface area contributed by atoms with Gasteiger partial charge in [0, 0.05) is 7.05 Å². The first-order valence-electron chi connectivity index (χ1n) is 5.28. The lowest BCUT2D eigenvalue weighted by Crippen LogP contribution is -2.35. The number of nitrogens with zero attached hydrogens (tertiary/aromatic N) is 1. The van der Waals surface area contributed by atoms with Gasteiger partial charge in [-0.2, -0.15) is 4.31 Å². The van der Waals surface area contributed by atoms with Gasteiger partial charge < -0.3 is 10.8 Å². The molecule has 100 valence electrons. The Labute approximate surface area is 106 Å². The van der Waals surface area contributed by atoms with Gasteiger partial charge in [0.2, 0.25) is 15.9 Å². The largest absolute Gasteiger partial charge is 0.389 e. The summed E-state index contributed by atoms with van der Waals surface area (Å²) < 4.78 is 25.0. The molecule has 1 atom stereocenters. The summed E-state index contributed by atoms with van der Waals surface area (Å²) >= 11 is 0. The van der Waals surface area contributed by atoms with E-state index < -0.39 is 22.0 Å². The molecule has 0 radical (unpaired) electrons. The third kappa shape index (κ3) is 3.28. The van der Waals surface area contributed by atoms with Gasteiger partial charge in [-0.1, -0.05) is 12.1 Å². The van der Waals surface area contributed by atoms with Gasteiger partial charge in [-0.05, 0) is 24.6 Å². The highest BCUT2D eigenvalue weighted by Crippen LogP contribution is 2.19. The van der Waals surface area contributed by atoms with Gasteiger partial charge in [-0.15, -0.1) is 0 Å². The van der Waals surface area contributed by atoms with Crippen LogP contribution in [-0.4, -0.2) is 37.3 Å². The molecule has 18 heavy (non-hydrogen) atoms. The molecule has 0 aromatic heterocycles. The number of carbonyl (C=O) groups is 1. The number of benzene rings is 1. The monoisotopic (exact) mass is 272 g/mol. The Morgan fingerprint density at radius 3 is 2.61 bits per heavy atom. The van der Waals surface area contributed by atoms with E-state index in [4.69, 9.17) is 5.73 Å². The molecule has 1 unspecified atom stereocenters. The van der Waals surface area contributed by atoms with E-state index in [1.165, 1.54) is 25.2 Å². The Balaban J connectivity index is 3.12. The molecule has 1 aromatic carbocycles. The molecular weight excluding hydrogens is 256 g/mol. The summed E-state index contributed by atoms with van der Waals surface area (Å²) in [4.78, 5) is 10.8. The van der Waals surface area contributed by atoms with Crippen molar-refractivity contribution in [3.63, 3.8) is 0 Å². The molecule has 0 aliphatic carbocycles. The number of aliphatic hydroxyl groups excluding tert-OH is 1. The van der Waals surface area contributed by atoms with Crippen LogP contribution < -0.4 is 5.73 Å². The first-order valence-corrected chi connectivity index (χ1v) is 6.72. The zero-order valence-electron chi connectivity index (χ0n) is 10.2. The Bertz CT molecular complexity index is 540. The van der Waals surface area contributed by atoms with E-state index in [1.54, 1.807) is 13.0 Å². The minimum Gasteiger partial charge on any atom is -0.389 e. The fourth-order valence-electron chi connectivity index (χ4n) is 1.42. The zero-order chi connectivity index (χ0) is 13.9. The highest BCUT2D eigenvalue weighted by Gasteiger charge is 2.22. The van der Waals surface area contributed by atoms with Crippen molar-refractivity contribution in [3.8, 4) is 0 Å². The molecule has 0 saturated heterocycles. The highest BCUT2D eigenvalue weighted by molar-refractivity contribution is 7.89. The summed E-state index contributed by atoms with van der Waals surface area (Å²) in [6, 6.07) is 5.93. The summed E-state index contributed by atoms with van der Waals surface area (Å²) in [5.74, 6) is -0.729. The number of sulfonamides is 1. The van der Waals surface area contributed by atoms with E-state index in [-0.39, 0.29) is 11.4 Å². The topological polar surface area (TPSA) is 101 Å². The molecule has 1 amide bonds. The van der Waals surface area contributed by atoms with Crippen molar-refractivity contribution in [1.82, 2.24) is 4.31 Å². The van der Waals surface area contributed by atoms with Crippen LogP contribution in [0.4, 0.5) is 0 Å². The molecule has 0 aliphatic rings. The first kappa shape index (κ1) is 14.6. The molecule has 1 rings (SSSR count). The van der Waals surface area contributed by atoms with E-state index >= 15 is 0 Å². The second-order valence-corrected chi connectivity index (χ2v) is 6.02. The Morgan fingerprint density at radius 1 is 1.50 bits per heavy atom. The zero-order valence-corrected chi connectivity index (χ0v) is 11.0. The number of nitrogens with two attached hydrogens (primary N) is 1. The molecule has 0 bridgehead atoms. The van der Waals surface area contributed by atoms with Crippen molar-refractivity contribution < 1.29 is 18.3 Å². The molecule has 0 fully saturated rings. The maximum absolute atomic E-state index is 12.1. The molecule has 6 nitrogen and oxygen atoms in total. The van der Waals surface area contributed by atoms with Crippen molar-refractivity contribution in [2.45, 2.75) is 17.9 Å².